The van der Waals surface area contributed by atoms with Crippen LogP contribution in [0.3, 0.4) is 0 Å². The summed E-state index contributed by atoms with van der Waals surface area (Å²) in [7, 11) is 1.65. The van der Waals surface area contributed by atoms with Gasteiger partial charge in [0.15, 0.2) is 0 Å². The molecule has 6 heteroatoms. The van der Waals surface area contributed by atoms with Crippen molar-refractivity contribution >= 4 is 40.9 Å². The van der Waals surface area contributed by atoms with Gasteiger partial charge in [0.1, 0.15) is 5.75 Å². The number of halogens is 2. The van der Waals surface area contributed by atoms with Crippen molar-refractivity contribution in [3.05, 3.63) is 27.3 Å². The molecule has 1 aromatic rings. The van der Waals surface area contributed by atoms with Gasteiger partial charge >= 0.3 is 0 Å². The monoisotopic (exact) mass is 422 g/mol. The molecule has 1 aromatic carbocycles. The number of benzene rings is 1. The maximum atomic E-state index is 12.9. The van der Waals surface area contributed by atoms with Gasteiger partial charge in [-0.15, -0.1) is 12.4 Å². The van der Waals surface area contributed by atoms with Gasteiger partial charge in [0, 0.05) is 22.2 Å². The Morgan fingerprint density at radius 1 is 1.33 bits per heavy atom. The standard InChI is InChI=1S/C15H19IN2O2.ClH/c1-20-12-4-5-13(14(16)8-12)15(19)18-10-2-3-11(18)9-17-7-6-10;/h4-5,8,10-11,17H,2-3,6-7,9H2,1H3;1H. The predicted octanol–water partition coefficient (Wildman–Crippen LogP) is 2.69. The van der Waals surface area contributed by atoms with Crippen molar-refractivity contribution in [2.45, 2.75) is 31.3 Å². The van der Waals surface area contributed by atoms with Crippen LogP contribution < -0.4 is 10.1 Å². The van der Waals surface area contributed by atoms with Gasteiger partial charge in [0.25, 0.3) is 5.91 Å². The highest BCUT2D eigenvalue weighted by molar-refractivity contribution is 14.1. The molecule has 1 amide bonds. The Morgan fingerprint density at radius 3 is 2.81 bits per heavy atom. The first-order chi connectivity index (χ1) is 9.70. The van der Waals surface area contributed by atoms with Gasteiger partial charge in [-0.2, -0.15) is 0 Å². The van der Waals surface area contributed by atoms with Crippen molar-refractivity contribution in [3.63, 3.8) is 0 Å². The molecule has 2 aliphatic rings. The third-order valence-electron chi connectivity index (χ3n) is 4.30. The van der Waals surface area contributed by atoms with E-state index in [1.807, 2.05) is 18.2 Å². The third kappa shape index (κ3) is 3.29. The van der Waals surface area contributed by atoms with Crippen LogP contribution in [0, 0.1) is 3.57 Å². The number of carbonyl (C=O) groups excluding carboxylic acids is 1. The summed E-state index contributed by atoms with van der Waals surface area (Å²) in [6, 6.07) is 6.44. The Morgan fingerprint density at radius 2 is 2.10 bits per heavy atom. The summed E-state index contributed by atoms with van der Waals surface area (Å²) >= 11 is 2.22. The second-order valence-electron chi connectivity index (χ2n) is 5.44. The summed E-state index contributed by atoms with van der Waals surface area (Å²) < 4.78 is 6.17. The Kier molecular flexibility index (Phi) is 5.73. The minimum absolute atomic E-state index is 0. The Labute approximate surface area is 145 Å². The van der Waals surface area contributed by atoms with Gasteiger partial charge in [-0.05, 0) is 66.6 Å². The van der Waals surface area contributed by atoms with E-state index in [9.17, 15) is 4.79 Å². The lowest BCUT2D eigenvalue weighted by molar-refractivity contribution is 0.0679. The summed E-state index contributed by atoms with van der Waals surface area (Å²) in [5.74, 6) is 0.972. The molecule has 4 nitrogen and oxygen atoms in total. The lowest BCUT2D eigenvalue weighted by Crippen LogP contribution is -2.42. The molecule has 2 bridgehead atoms. The summed E-state index contributed by atoms with van der Waals surface area (Å²) in [6.07, 6.45) is 3.33. The van der Waals surface area contributed by atoms with E-state index in [2.05, 4.69) is 32.8 Å². The lowest BCUT2D eigenvalue weighted by atomic mass is 10.1. The van der Waals surface area contributed by atoms with E-state index in [1.165, 1.54) is 0 Å². The van der Waals surface area contributed by atoms with Crippen LogP contribution in [0.5, 0.6) is 5.75 Å². The zero-order valence-corrected chi connectivity index (χ0v) is 14.9. The third-order valence-corrected chi connectivity index (χ3v) is 5.19. The number of hydrogen-bond donors (Lipinski definition) is 1. The van der Waals surface area contributed by atoms with Gasteiger partial charge in [0.2, 0.25) is 0 Å². The molecular formula is C15H20ClIN2O2. The Bertz CT molecular complexity index is 512. The number of nitrogens with one attached hydrogen (secondary N) is 1. The summed E-state index contributed by atoms with van der Waals surface area (Å²) in [5.41, 5.74) is 0.796. The number of methoxy groups -OCH3 is 1. The predicted molar refractivity (Wildman–Crippen MR) is 93.4 cm³/mol. The van der Waals surface area contributed by atoms with Crippen molar-refractivity contribution in [3.8, 4) is 5.75 Å². The van der Waals surface area contributed by atoms with E-state index in [0.717, 1.165) is 47.2 Å². The van der Waals surface area contributed by atoms with Gasteiger partial charge in [-0.3, -0.25) is 4.79 Å². The lowest BCUT2D eigenvalue weighted by Gasteiger charge is -2.28. The number of hydrogen-bond acceptors (Lipinski definition) is 3. The van der Waals surface area contributed by atoms with Crippen LogP contribution in [-0.2, 0) is 0 Å². The molecule has 116 valence electrons. The van der Waals surface area contributed by atoms with E-state index in [4.69, 9.17) is 4.74 Å². The van der Waals surface area contributed by atoms with Crippen LogP contribution >= 0.6 is 35.0 Å². The molecule has 2 saturated heterocycles. The fourth-order valence-corrected chi connectivity index (χ4v) is 3.97. The maximum Gasteiger partial charge on any atom is 0.255 e. The number of carbonyl (C=O) groups is 1. The van der Waals surface area contributed by atoms with E-state index in [-0.39, 0.29) is 18.3 Å². The molecule has 0 aromatic heterocycles. The molecule has 0 spiro atoms. The molecule has 2 heterocycles. The molecule has 2 fully saturated rings. The first-order valence-corrected chi connectivity index (χ1v) is 8.15. The minimum atomic E-state index is 0. The molecule has 0 saturated carbocycles. The van der Waals surface area contributed by atoms with Crippen LogP contribution in [0.2, 0.25) is 0 Å². The second-order valence-corrected chi connectivity index (χ2v) is 6.60. The first-order valence-electron chi connectivity index (χ1n) is 7.07. The van der Waals surface area contributed by atoms with E-state index in [1.54, 1.807) is 7.11 Å². The fraction of sp³-hybridized carbons (Fsp3) is 0.533. The molecular weight excluding hydrogens is 403 g/mol. The molecule has 2 aliphatic heterocycles. The van der Waals surface area contributed by atoms with Crippen LogP contribution in [-0.4, -0.2) is 43.1 Å². The average Bonchev–Trinajstić information content (AvgIpc) is 2.71. The van der Waals surface area contributed by atoms with Gasteiger partial charge in [0.05, 0.1) is 12.7 Å². The topological polar surface area (TPSA) is 41.6 Å². The zero-order valence-electron chi connectivity index (χ0n) is 12.0. The summed E-state index contributed by atoms with van der Waals surface area (Å²) in [6.45, 7) is 1.94. The quantitative estimate of drug-likeness (QED) is 0.745. The number of fused-ring (bicyclic) bond motifs is 2. The maximum absolute atomic E-state index is 12.9. The number of rotatable bonds is 2. The molecule has 0 aliphatic carbocycles. The SMILES string of the molecule is COc1ccc(C(=O)N2C3CCNCC2CC3)c(I)c1.Cl. The Hall–Kier alpha value is -0.530. The highest BCUT2D eigenvalue weighted by Gasteiger charge is 2.38. The molecule has 2 unspecified atom stereocenters. The second kappa shape index (κ2) is 7.15. The fourth-order valence-electron chi connectivity index (χ4n) is 3.25. The minimum Gasteiger partial charge on any atom is -0.497 e. The number of amides is 1. The van der Waals surface area contributed by atoms with Crippen LogP contribution in [0.1, 0.15) is 29.6 Å². The summed E-state index contributed by atoms with van der Waals surface area (Å²) in [4.78, 5) is 15.0. The normalized spacial score (nSPS) is 24.2. The summed E-state index contributed by atoms with van der Waals surface area (Å²) in [5, 5.41) is 3.43. The first kappa shape index (κ1) is 16.8. The number of nitrogens with zero attached hydrogens (tertiary/aromatic N) is 1. The van der Waals surface area contributed by atoms with Crippen LogP contribution in [0.15, 0.2) is 18.2 Å². The molecule has 3 rings (SSSR count). The highest BCUT2D eigenvalue weighted by Crippen LogP contribution is 2.31. The van der Waals surface area contributed by atoms with Crippen LogP contribution in [0.4, 0.5) is 0 Å². The van der Waals surface area contributed by atoms with Gasteiger partial charge in [-0.1, -0.05) is 0 Å². The average molecular weight is 423 g/mol. The van der Waals surface area contributed by atoms with Gasteiger partial charge < -0.3 is 15.0 Å². The molecule has 2 atom stereocenters. The van der Waals surface area contributed by atoms with E-state index in [0.29, 0.717) is 12.1 Å². The largest absolute Gasteiger partial charge is 0.497 e. The van der Waals surface area contributed by atoms with Crippen molar-refractivity contribution < 1.29 is 9.53 Å². The molecule has 21 heavy (non-hydrogen) atoms. The van der Waals surface area contributed by atoms with Crippen molar-refractivity contribution in [2.75, 3.05) is 20.2 Å². The smallest absolute Gasteiger partial charge is 0.255 e. The van der Waals surface area contributed by atoms with Gasteiger partial charge in [-0.25, -0.2) is 0 Å². The highest BCUT2D eigenvalue weighted by atomic mass is 127. The Balaban J connectivity index is 0.00000161. The van der Waals surface area contributed by atoms with Crippen molar-refractivity contribution in [2.24, 2.45) is 0 Å². The molecule has 1 N–H and O–H groups in total. The van der Waals surface area contributed by atoms with Crippen LogP contribution in [0.25, 0.3) is 0 Å². The van der Waals surface area contributed by atoms with Crippen molar-refractivity contribution in [1.29, 1.82) is 0 Å². The van der Waals surface area contributed by atoms with E-state index >= 15 is 0 Å². The van der Waals surface area contributed by atoms with Crippen molar-refractivity contribution in [1.82, 2.24) is 10.2 Å². The van der Waals surface area contributed by atoms with E-state index < -0.39 is 0 Å². The molecule has 0 radical (unpaired) electrons. The zero-order chi connectivity index (χ0) is 14.1. The number of ether oxygens (including phenoxy) is 1.